The topological polar surface area (TPSA) is 68.2 Å². The summed E-state index contributed by atoms with van der Waals surface area (Å²) in [5, 5.41) is 11.7. The molecule has 196 valence electrons. The predicted molar refractivity (Wildman–Crippen MR) is 143 cm³/mol. The van der Waals surface area contributed by atoms with E-state index >= 15 is 0 Å². The third kappa shape index (κ3) is 4.29. The maximum absolute atomic E-state index is 13.5. The number of carbonyl (C=O) groups is 1. The molecule has 0 radical (unpaired) electrons. The second kappa shape index (κ2) is 8.86. The molecule has 0 spiro atoms. The minimum absolute atomic E-state index is 0.0319. The Labute approximate surface area is 220 Å². The molecule has 2 bridgehead atoms. The number of aliphatic hydroxyl groups is 1. The van der Waals surface area contributed by atoms with Crippen LogP contribution in [0.2, 0.25) is 6.32 Å². The average molecular weight is 503 g/mol. The molecule has 37 heavy (non-hydrogen) atoms. The van der Waals surface area contributed by atoms with Crippen LogP contribution in [0.15, 0.2) is 48.5 Å². The van der Waals surface area contributed by atoms with Crippen LogP contribution in [0.4, 0.5) is 4.79 Å². The van der Waals surface area contributed by atoms with Gasteiger partial charge in [-0.05, 0) is 82.1 Å². The normalized spacial score (nSPS) is 29.6. The molecule has 0 saturated carbocycles. The number of nitrogens with zero attached hydrogens (tertiary/aromatic N) is 1. The molecule has 7 heteroatoms. The minimum Gasteiger partial charge on any atom is -0.448 e. The molecule has 3 fully saturated rings. The summed E-state index contributed by atoms with van der Waals surface area (Å²) in [6.07, 6.45) is 4.05. The fourth-order valence-corrected chi connectivity index (χ4v) is 7.02. The standard InChI is InChI=1S/C30H38BNO5/c1-28(2)29(3,4)37-31(36-28)19-30(34)16-20-10-9-11-21(17-30)32(20)27(33)35-18-26-24-14-7-5-12-22(24)23-13-6-8-15-25(23)26/h5-8,12-15,20-21,26,34H,9-11,16-19H2,1-4H3. The van der Waals surface area contributed by atoms with Gasteiger partial charge >= 0.3 is 13.2 Å². The Hall–Kier alpha value is -2.35. The predicted octanol–water partition coefficient (Wildman–Crippen LogP) is 5.78. The van der Waals surface area contributed by atoms with E-state index in [1.54, 1.807) is 0 Å². The van der Waals surface area contributed by atoms with Gasteiger partial charge in [0.1, 0.15) is 6.61 Å². The van der Waals surface area contributed by atoms with Crippen molar-refractivity contribution in [1.29, 1.82) is 0 Å². The van der Waals surface area contributed by atoms with Crippen molar-refractivity contribution in [2.75, 3.05) is 6.61 Å². The Morgan fingerprint density at radius 1 is 0.946 bits per heavy atom. The molecule has 3 heterocycles. The van der Waals surface area contributed by atoms with Crippen molar-refractivity contribution in [2.45, 2.75) is 101 Å². The van der Waals surface area contributed by atoms with E-state index in [0.717, 1.165) is 19.3 Å². The van der Waals surface area contributed by atoms with Crippen LogP contribution in [-0.4, -0.2) is 58.7 Å². The first-order valence-electron chi connectivity index (χ1n) is 13.8. The molecule has 0 aromatic heterocycles. The molecule has 2 atom stereocenters. The number of amides is 1. The molecule has 4 aliphatic rings. The summed E-state index contributed by atoms with van der Waals surface area (Å²) in [6, 6.07) is 16.7. The van der Waals surface area contributed by atoms with E-state index in [1.165, 1.54) is 22.3 Å². The Morgan fingerprint density at radius 3 is 2.00 bits per heavy atom. The molecule has 2 aromatic carbocycles. The third-order valence-corrected chi connectivity index (χ3v) is 9.49. The van der Waals surface area contributed by atoms with Crippen molar-refractivity contribution in [3.63, 3.8) is 0 Å². The zero-order valence-corrected chi connectivity index (χ0v) is 22.4. The molecule has 1 N–H and O–H groups in total. The van der Waals surface area contributed by atoms with Gasteiger partial charge in [0.25, 0.3) is 0 Å². The number of fused-ring (bicyclic) bond motifs is 5. The largest absolute Gasteiger partial charge is 0.460 e. The highest BCUT2D eigenvalue weighted by Crippen LogP contribution is 2.47. The molecular weight excluding hydrogens is 465 g/mol. The van der Waals surface area contributed by atoms with E-state index in [1.807, 2.05) is 32.6 Å². The molecule has 1 aliphatic carbocycles. The Balaban J connectivity index is 1.14. The Kier molecular flexibility index (Phi) is 5.98. The Bertz CT molecular complexity index is 1120. The molecular formula is C30H38BNO5. The molecule has 6 nitrogen and oxygen atoms in total. The summed E-state index contributed by atoms with van der Waals surface area (Å²) < 4.78 is 18.4. The van der Waals surface area contributed by atoms with Crippen molar-refractivity contribution in [3.05, 3.63) is 59.7 Å². The summed E-state index contributed by atoms with van der Waals surface area (Å²) in [6.45, 7) is 8.45. The van der Waals surface area contributed by atoms with E-state index in [-0.39, 0.29) is 24.1 Å². The maximum Gasteiger partial charge on any atom is 0.460 e. The summed E-state index contributed by atoms with van der Waals surface area (Å²) in [7, 11) is -0.447. The molecule has 2 unspecified atom stereocenters. The molecule has 3 saturated heterocycles. The lowest BCUT2D eigenvalue weighted by atomic mass is 9.65. The zero-order chi connectivity index (χ0) is 26.0. The lowest BCUT2D eigenvalue weighted by Crippen LogP contribution is -2.60. The minimum atomic E-state index is -0.920. The van der Waals surface area contributed by atoms with Gasteiger partial charge in [-0.3, -0.25) is 0 Å². The zero-order valence-electron chi connectivity index (χ0n) is 22.4. The summed E-state index contributed by atoms with van der Waals surface area (Å²) in [5.74, 6) is 0.0429. The number of piperidine rings is 2. The van der Waals surface area contributed by atoms with Gasteiger partial charge in [-0.2, -0.15) is 0 Å². The highest BCUT2D eigenvalue weighted by molar-refractivity contribution is 6.45. The monoisotopic (exact) mass is 503 g/mol. The fourth-order valence-electron chi connectivity index (χ4n) is 7.02. The highest BCUT2D eigenvalue weighted by Gasteiger charge is 2.56. The van der Waals surface area contributed by atoms with E-state index in [9.17, 15) is 9.90 Å². The number of benzene rings is 2. The fraction of sp³-hybridized carbons (Fsp3) is 0.567. The molecule has 3 aliphatic heterocycles. The Morgan fingerprint density at radius 2 is 1.46 bits per heavy atom. The van der Waals surface area contributed by atoms with Crippen LogP contribution < -0.4 is 0 Å². The maximum atomic E-state index is 13.5. The first-order valence-corrected chi connectivity index (χ1v) is 13.8. The van der Waals surface area contributed by atoms with Crippen molar-refractivity contribution in [2.24, 2.45) is 0 Å². The summed E-state index contributed by atoms with van der Waals surface area (Å²) in [4.78, 5) is 15.4. The SMILES string of the molecule is CC1(C)OB(CC2(O)CC3CCCC(C2)N3C(=O)OCC2c3ccccc3-c3ccccc32)OC1(C)C. The first kappa shape index (κ1) is 25.0. The van der Waals surface area contributed by atoms with Crippen molar-refractivity contribution in [1.82, 2.24) is 4.90 Å². The van der Waals surface area contributed by atoms with Crippen molar-refractivity contribution >= 4 is 13.2 Å². The van der Waals surface area contributed by atoms with Crippen LogP contribution in [0.5, 0.6) is 0 Å². The van der Waals surface area contributed by atoms with Crippen LogP contribution >= 0.6 is 0 Å². The van der Waals surface area contributed by atoms with Crippen LogP contribution in [0.1, 0.15) is 76.8 Å². The van der Waals surface area contributed by atoms with Crippen LogP contribution in [0.25, 0.3) is 11.1 Å². The van der Waals surface area contributed by atoms with Crippen LogP contribution in [-0.2, 0) is 14.0 Å². The van der Waals surface area contributed by atoms with Crippen LogP contribution in [0.3, 0.4) is 0 Å². The second-order valence-corrected chi connectivity index (χ2v) is 12.5. The number of hydrogen-bond donors (Lipinski definition) is 1. The van der Waals surface area contributed by atoms with E-state index in [0.29, 0.717) is 25.8 Å². The van der Waals surface area contributed by atoms with Gasteiger partial charge in [0.05, 0.1) is 16.8 Å². The van der Waals surface area contributed by atoms with Crippen molar-refractivity contribution < 1.29 is 23.9 Å². The third-order valence-electron chi connectivity index (χ3n) is 9.49. The van der Waals surface area contributed by atoms with Gasteiger partial charge in [0, 0.05) is 24.3 Å². The smallest absolute Gasteiger partial charge is 0.448 e. The first-order chi connectivity index (χ1) is 17.6. The van der Waals surface area contributed by atoms with Gasteiger partial charge in [-0.15, -0.1) is 0 Å². The highest BCUT2D eigenvalue weighted by atomic mass is 16.7. The summed E-state index contributed by atoms with van der Waals surface area (Å²) in [5.41, 5.74) is 3.11. The quantitative estimate of drug-likeness (QED) is 0.536. The van der Waals surface area contributed by atoms with Gasteiger partial charge in [0.2, 0.25) is 0 Å². The number of hydrogen-bond acceptors (Lipinski definition) is 5. The van der Waals surface area contributed by atoms with E-state index in [2.05, 4.69) is 48.5 Å². The van der Waals surface area contributed by atoms with Gasteiger partial charge < -0.3 is 24.1 Å². The number of carbonyl (C=O) groups excluding carboxylic acids is 1. The summed E-state index contributed by atoms with van der Waals surface area (Å²) >= 11 is 0. The molecule has 6 rings (SSSR count). The lowest BCUT2D eigenvalue weighted by molar-refractivity contribution is -0.0767. The lowest BCUT2D eigenvalue weighted by Gasteiger charge is -2.51. The average Bonchev–Trinajstić information content (AvgIpc) is 3.25. The van der Waals surface area contributed by atoms with Gasteiger partial charge in [-0.25, -0.2) is 4.79 Å². The van der Waals surface area contributed by atoms with E-state index < -0.39 is 23.9 Å². The van der Waals surface area contributed by atoms with Gasteiger partial charge in [-0.1, -0.05) is 48.5 Å². The van der Waals surface area contributed by atoms with E-state index in [4.69, 9.17) is 14.0 Å². The number of ether oxygens (including phenoxy) is 1. The van der Waals surface area contributed by atoms with Crippen LogP contribution in [0, 0.1) is 0 Å². The molecule has 2 aromatic rings. The molecule has 1 amide bonds. The van der Waals surface area contributed by atoms with Gasteiger partial charge in [0.15, 0.2) is 0 Å². The van der Waals surface area contributed by atoms with Crippen molar-refractivity contribution in [3.8, 4) is 11.1 Å². The number of rotatable bonds is 4. The second-order valence-electron chi connectivity index (χ2n) is 12.5.